The van der Waals surface area contributed by atoms with Crippen molar-refractivity contribution in [3.63, 3.8) is 0 Å². The summed E-state index contributed by atoms with van der Waals surface area (Å²) in [5, 5.41) is 14.0. The fraction of sp³-hybridized carbons (Fsp3) is 0.941. The van der Waals surface area contributed by atoms with Crippen LogP contribution in [-0.4, -0.2) is 47.3 Å². The highest BCUT2D eigenvalue weighted by Gasteiger charge is 2.35. The van der Waals surface area contributed by atoms with Gasteiger partial charge in [0.25, 0.3) is 0 Å². The number of nitrogens with zero attached hydrogens (tertiary/aromatic N) is 1. The Morgan fingerprint density at radius 1 is 1.14 bits per heavy atom. The lowest BCUT2D eigenvalue weighted by atomic mass is 9.87. The maximum atomic E-state index is 11.6. The Kier molecular flexibility index (Phi) is 5.24. The first-order chi connectivity index (χ1) is 10.6. The molecule has 0 spiro atoms. The van der Waals surface area contributed by atoms with Crippen molar-refractivity contribution < 1.29 is 9.90 Å². The molecule has 5 nitrogen and oxygen atoms in total. The van der Waals surface area contributed by atoms with Gasteiger partial charge in [-0.05, 0) is 50.4 Å². The van der Waals surface area contributed by atoms with Crippen LogP contribution in [0, 0.1) is 11.8 Å². The first kappa shape index (κ1) is 16.1. The van der Waals surface area contributed by atoms with Crippen molar-refractivity contribution in [2.75, 3.05) is 13.1 Å². The molecule has 1 heterocycles. The lowest BCUT2D eigenvalue weighted by Crippen LogP contribution is -2.55. The molecule has 0 bridgehead atoms. The Balaban J connectivity index is 1.55. The summed E-state index contributed by atoms with van der Waals surface area (Å²) >= 11 is 0. The predicted octanol–water partition coefficient (Wildman–Crippen LogP) is 1.84. The molecule has 3 atom stereocenters. The van der Waals surface area contributed by atoms with E-state index < -0.39 is 0 Å². The van der Waals surface area contributed by atoms with Crippen LogP contribution in [0.3, 0.4) is 0 Å². The first-order valence-corrected chi connectivity index (χ1v) is 9.10. The number of amides is 2. The number of aliphatic hydroxyl groups excluding tert-OH is 1. The number of hydrogen-bond acceptors (Lipinski definition) is 3. The van der Waals surface area contributed by atoms with Gasteiger partial charge in [0, 0.05) is 25.2 Å². The van der Waals surface area contributed by atoms with Crippen LogP contribution in [0.15, 0.2) is 0 Å². The summed E-state index contributed by atoms with van der Waals surface area (Å²) in [5.74, 6) is 0.881. The average Bonchev–Trinajstić information content (AvgIpc) is 3.32. The second-order valence-corrected chi connectivity index (χ2v) is 7.68. The van der Waals surface area contributed by atoms with Crippen molar-refractivity contribution >= 4 is 6.03 Å². The van der Waals surface area contributed by atoms with Gasteiger partial charge in [-0.3, -0.25) is 0 Å². The summed E-state index contributed by atoms with van der Waals surface area (Å²) in [7, 11) is 0. The third-order valence-electron chi connectivity index (χ3n) is 5.67. The molecular weight excluding hydrogens is 278 g/mol. The highest BCUT2D eigenvalue weighted by atomic mass is 16.3. The molecule has 4 N–H and O–H groups in total. The molecule has 5 heteroatoms. The Hall–Kier alpha value is -0.810. The minimum atomic E-state index is -0.318. The zero-order valence-corrected chi connectivity index (χ0v) is 13.5. The number of rotatable bonds is 5. The number of nitrogens with two attached hydrogens (primary N) is 1. The number of urea groups is 1. The third kappa shape index (κ3) is 4.35. The minimum absolute atomic E-state index is 0.187. The van der Waals surface area contributed by atoms with Gasteiger partial charge < -0.3 is 21.1 Å². The lowest BCUT2D eigenvalue weighted by molar-refractivity contribution is 0.0824. The average molecular weight is 309 g/mol. The molecule has 126 valence electrons. The van der Waals surface area contributed by atoms with Gasteiger partial charge in [0.1, 0.15) is 0 Å². The van der Waals surface area contributed by atoms with E-state index >= 15 is 0 Å². The zero-order valence-electron chi connectivity index (χ0n) is 13.5. The fourth-order valence-corrected chi connectivity index (χ4v) is 4.29. The highest BCUT2D eigenvalue weighted by molar-refractivity contribution is 5.72. The van der Waals surface area contributed by atoms with Crippen molar-refractivity contribution in [3.05, 3.63) is 0 Å². The van der Waals surface area contributed by atoms with E-state index in [9.17, 15) is 9.90 Å². The number of hydrogen-bond donors (Lipinski definition) is 3. The van der Waals surface area contributed by atoms with E-state index in [-0.39, 0.29) is 12.1 Å². The number of carbonyl (C=O) groups excluding carboxylic acids is 1. The number of primary amides is 1. The minimum Gasteiger partial charge on any atom is -0.393 e. The maximum absolute atomic E-state index is 11.6. The molecule has 2 saturated carbocycles. The molecule has 0 aromatic heterocycles. The van der Waals surface area contributed by atoms with Gasteiger partial charge >= 0.3 is 6.03 Å². The SMILES string of the molecule is NC(=O)N1CC(CC(O)C2CC2)CC(NC2CCCCC2)C1. The van der Waals surface area contributed by atoms with Crippen LogP contribution in [0.4, 0.5) is 4.79 Å². The van der Waals surface area contributed by atoms with Crippen LogP contribution in [0.25, 0.3) is 0 Å². The summed E-state index contributed by atoms with van der Waals surface area (Å²) in [5.41, 5.74) is 5.52. The molecule has 3 aliphatic rings. The monoisotopic (exact) mass is 309 g/mol. The molecule has 0 aromatic carbocycles. The van der Waals surface area contributed by atoms with E-state index in [0.29, 0.717) is 30.5 Å². The van der Waals surface area contributed by atoms with Crippen molar-refractivity contribution in [2.24, 2.45) is 17.6 Å². The van der Waals surface area contributed by atoms with Crippen LogP contribution in [0.1, 0.15) is 57.8 Å². The third-order valence-corrected chi connectivity index (χ3v) is 5.67. The van der Waals surface area contributed by atoms with Gasteiger partial charge in [-0.15, -0.1) is 0 Å². The van der Waals surface area contributed by atoms with Gasteiger partial charge in [-0.1, -0.05) is 19.3 Å². The zero-order chi connectivity index (χ0) is 15.5. The number of piperidine rings is 1. The number of aliphatic hydroxyl groups is 1. The molecule has 1 aliphatic heterocycles. The summed E-state index contributed by atoms with van der Waals surface area (Å²) in [6.07, 6.45) is 10.5. The molecule has 3 fully saturated rings. The number of carbonyl (C=O) groups is 1. The molecule has 3 rings (SSSR count). The normalized spacial score (nSPS) is 32.0. The van der Waals surface area contributed by atoms with Crippen LogP contribution in [0.5, 0.6) is 0 Å². The molecule has 2 aliphatic carbocycles. The standard InChI is InChI=1S/C17H31N3O2/c18-17(22)20-10-12(9-16(21)13-6-7-13)8-15(11-20)19-14-4-2-1-3-5-14/h12-16,19,21H,1-11H2,(H2,18,22). The fourth-order valence-electron chi connectivity index (χ4n) is 4.29. The van der Waals surface area contributed by atoms with Gasteiger partial charge in [-0.2, -0.15) is 0 Å². The number of likely N-dealkylation sites (tertiary alicyclic amines) is 1. The van der Waals surface area contributed by atoms with Gasteiger partial charge in [0.05, 0.1) is 6.10 Å². The van der Waals surface area contributed by atoms with Gasteiger partial charge in [0.2, 0.25) is 0 Å². The van der Waals surface area contributed by atoms with Gasteiger partial charge in [-0.25, -0.2) is 4.79 Å². The van der Waals surface area contributed by atoms with E-state index in [1.54, 1.807) is 4.90 Å². The smallest absolute Gasteiger partial charge is 0.314 e. The van der Waals surface area contributed by atoms with Crippen LogP contribution in [-0.2, 0) is 0 Å². The Morgan fingerprint density at radius 2 is 1.86 bits per heavy atom. The maximum Gasteiger partial charge on any atom is 0.314 e. The van der Waals surface area contributed by atoms with Crippen LogP contribution >= 0.6 is 0 Å². The summed E-state index contributed by atoms with van der Waals surface area (Å²) in [6, 6.07) is 0.613. The summed E-state index contributed by atoms with van der Waals surface area (Å²) in [6.45, 7) is 1.43. The number of nitrogens with one attached hydrogen (secondary N) is 1. The molecule has 22 heavy (non-hydrogen) atoms. The molecular formula is C17H31N3O2. The van der Waals surface area contributed by atoms with E-state index in [4.69, 9.17) is 5.73 Å². The Morgan fingerprint density at radius 3 is 2.50 bits per heavy atom. The topological polar surface area (TPSA) is 78.6 Å². The van der Waals surface area contributed by atoms with E-state index in [1.807, 2.05) is 0 Å². The summed E-state index contributed by atoms with van der Waals surface area (Å²) in [4.78, 5) is 13.4. The van der Waals surface area contributed by atoms with E-state index in [0.717, 1.165) is 32.2 Å². The van der Waals surface area contributed by atoms with Crippen LogP contribution in [0.2, 0.25) is 0 Å². The quantitative estimate of drug-likeness (QED) is 0.725. The Labute approximate surface area is 133 Å². The second kappa shape index (κ2) is 7.18. The van der Waals surface area contributed by atoms with Crippen molar-refractivity contribution in [1.82, 2.24) is 10.2 Å². The molecule has 1 saturated heterocycles. The summed E-state index contributed by atoms with van der Waals surface area (Å²) < 4.78 is 0. The van der Waals surface area contributed by atoms with Crippen molar-refractivity contribution in [2.45, 2.75) is 76.0 Å². The lowest BCUT2D eigenvalue weighted by Gasteiger charge is -2.40. The molecule has 3 unspecified atom stereocenters. The van der Waals surface area contributed by atoms with E-state index in [2.05, 4.69) is 5.32 Å². The predicted molar refractivity (Wildman–Crippen MR) is 86.4 cm³/mol. The van der Waals surface area contributed by atoms with Gasteiger partial charge in [0.15, 0.2) is 0 Å². The molecule has 0 radical (unpaired) electrons. The van der Waals surface area contributed by atoms with Crippen LogP contribution < -0.4 is 11.1 Å². The second-order valence-electron chi connectivity index (χ2n) is 7.68. The first-order valence-electron chi connectivity index (χ1n) is 9.10. The molecule has 0 aromatic rings. The van der Waals surface area contributed by atoms with E-state index in [1.165, 1.54) is 32.1 Å². The van der Waals surface area contributed by atoms with Crippen molar-refractivity contribution in [1.29, 1.82) is 0 Å². The van der Waals surface area contributed by atoms with Crippen molar-refractivity contribution in [3.8, 4) is 0 Å². The Bertz CT molecular complexity index is 380. The molecule has 2 amide bonds. The highest BCUT2D eigenvalue weighted by Crippen LogP contribution is 2.36. The largest absolute Gasteiger partial charge is 0.393 e.